The molecule has 0 aromatic heterocycles. The Balaban J connectivity index is 1.66. The number of fused-ring (bicyclic) bond motifs is 8. The molecule has 0 unspecified atom stereocenters. The summed E-state index contributed by atoms with van der Waals surface area (Å²) in [6, 6.07) is 8.13. The molecule has 7 rings (SSSR count). The van der Waals surface area contributed by atoms with Gasteiger partial charge >= 0.3 is 0 Å². The number of amides is 4. The summed E-state index contributed by atoms with van der Waals surface area (Å²) in [5.41, 5.74) is 7.56. The lowest BCUT2D eigenvalue weighted by atomic mass is 9.89. The summed E-state index contributed by atoms with van der Waals surface area (Å²) in [7, 11) is 6.91. The molecule has 4 aromatic carbocycles. The topological polar surface area (TPSA) is 229 Å². The molecule has 0 aliphatic carbocycles. The number of hydrogen-bond donors (Lipinski definition) is 7. The fourth-order valence-electron chi connectivity index (χ4n) is 6.54. The molecule has 5 atom stereocenters. The number of likely N-dealkylation sites (N-methyl/N-ethyl adjacent to an activating group) is 1. The molecule has 0 radical (unpaired) electrons. The van der Waals surface area contributed by atoms with Gasteiger partial charge < -0.3 is 60.9 Å². The van der Waals surface area contributed by atoms with Crippen molar-refractivity contribution in [1.29, 1.82) is 0 Å². The Kier molecular flexibility index (Phi) is 10.9. The van der Waals surface area contributed by atoms with Crippen LogP contribution in [0, 0.1) is 0 Å². The summed E-state index contributed by atoms with van der Waals surface area (Å²) in [4.78, 5) is 56.6. The van der Waals surface area contributed by atoms with Crippen LogP contribution in [-0.4, -0.2) is 75.4 Å². The van der Waals surface area contributed by atoms with Gasteiger partial charge in [-0.15, -0.1) is 0 Å². The molecule has 16 nitrogen and oxygen atoms in total. The number of nitrogens with one attached hydrogen (secondary N) is 4. The Morgan fingerprint density at radius 2 is 1.53 bits per heavy atom. The van der Waals surface area contributed by atoms with Gasteiger partial charge in [-0.05, 0) is 64.7 Å². The van der Waals surface area contributed by atoms with Gasteiger partial charge in [0.25, 0.3) is 0 Å². The van der Waals surface area contributed by atoms with E-state index in [4.69, 9.17) is 41.0 Å². The molecule has 288 valence electrons. The van der Waals surface area contributed by atoms with E-state index in [1.54, 1.807) is 18.2 Å². The third kappa shape index (κ3) is 7.22. The molecular weight excluding hydrogens is 738 g/mol. The first-order chi connectivity index (χ1) is 26.3. The number of aromatic hydroxyl groups is 1. The third-order valence-corrected chi connectivity index (χ3v) is 9.65. The van der Waals surface area contributed by atoms with Gasteiger partial charge in [-0.1, -0.05) is 23.7 Å². The lowest BCUT2D eigenvalue weighted by Gasteiger charge is -2.31. The van der Waals surface area contributed by atoms with Crippen LogP contribution in [-0.2, 0) is 19.2 Å². The van der Waals surface area contributed by atoms with E-state index in [0.29, 0.717) is 5.56 Å². The summed E-state index contributed by atoms with van der Waals surface area (Å²) in [5, 5.41) is 33.1. The van der Waals surface area contributed by atoms with Crippen LogP contribution < -0.4 is 50.7 Å². The summed E-state index contributed by atoms with van der Waals surface area (Å²) < 4.78 is 28.4. The zero-order chi connectivity index (χ0) is 39.7. The molecule has 17 heteroatoms. The van der Waals surface area contributed by atoms with Crippen molar-refractivity contribution in [1.82, 2.24) is 21.3 Å². The second kappa shape index (κ2) is 15.6. The average molecular weight is 776 g/mol. The molecule has 0 fully saturated rings. The van der Waals surface area contributed by atoms with Gasteiger partial charge in [-0.3, -0.25) is 19.2 Å². The van der Waals surface area contributed by atoms with Crippen molar-refractivity contribution in [2.24, 2.45) is 5.73 Å². The van der Waals surface area contributed by atoms with E-state index in [1.807, 2.05) is 0 Å². The number of nitrogens with two attached hydrogens (primary N) is 1. The van der Waals surface area contributed by atoms with E-state index in [9.17, 15) is 29.4 Å². The van der Waals surface area contributed by atoms with Gasteiger partial charge in [0.05, 0.1) is 33.5 Å². The van der Waals surface area contributed by atoms with Crippen LogP contribution in [0.3, 0.4) is 0 Å². The highest BCUT2D eigenvalue weighted by Crippen LogP contribution is 2.46. The number of aliphatic hydroxyl groups is 1. The first-order valence-corrected chi connectivity index (χ1v) is 17.1. The van der Waals surface area contributed by atoms with Crippen molar-refractivity contribution in [2.45, 2.75) is 30.3 Å². The lowest BCUT2D eigenvalue weighted by molar-refractivity contribution is -0.136. The average Bonchev–Trinajstić information content (AvgIpc) is 3.18. The second-order valence-electron chi connectivity index (χ2n) is 12.5. The van der Waals surface area contributed by atoms with Crippen molar-refractivity contribution in [3.8, 4) is 51.4 Å². The number of phenolic OH excluding ortho intramolecular Hbond substituents is 1. The Morgan fingerprint density at radius 1 is 0.800 bits per heavy atom. The molecule has 0 spiro atoms. The fourth-order valence-corrected chi connectivity index (χ4v) is 6.77. The van der Waals surface area contributed by atoms with Crippen molar-refractivity contribution < 1.29 is 53.1 Å². The Labute approximate surface area is 319 Å². The maximum Gasteiger partial charge on any atom is 0.247 e. The minimum absolute atomic E-state index is 0.0410. The molecule has 8 bridgehead atoms. The van der Waals surface area contributed by atoms with Gasteiger partial charge in [0, 0.05) is 24.2 Å². The molecular formula is C38H38ClN5O11. The lowest BCUT2D eigenvalue weighted by Crippen LogP contribution is -2.55. The highest BCUT2D eigenvalue weighted by molar-refractivity contribution is 6.32. The molecule has 0 saturated heterocycles. The number of carbonyl (C=O) groups excluding carboxylic acids is 4. The SMILES string of the molecule is CNC(=O)[C@H]1NC(=O)[C@H]2NC(=O)[C@@H](NC(=O)[C@H](N)c3cc(O)c(OC)c(c3)Oc3ccc(cc3Cl)[C@@H]2O)c2ccc(OC)c(c2)-c2c(OC)cc(OC)cc21. The van der Waals surface area contributed by atoms with Crippen LogP contribution in [0.25, 0.3) is 11.1 Å². The minimum atomic E-state index is -1.79. The van der Waals surface area contributed by atoms with Crippen LogP contribution in [0.4, 0.5) is 0 Å². The standard InChI is InChI=1S/C38H38ClN5O11/c1-41-36(48)31-21-14-19(51-2)15-26(53-4)28(21)20-10-16(6-8-24(20)52-3)30-37(49)44-32(38(50)43-31)33(46)17-7-9-25(22(39)11-17)55-27-13-18(29(40)35(47)42-30)12-23(45)34(27)54-5/h6-15,29-33,45-46H,40H2,1-5H3,(H,41,48)(H,42,47)(H,43,50)(H,44,49)/t29-,30+,31+,32+,33+/m1/s1. The maximum atomic E-state index is 14.5. The molecule has 3 aliphatic rings. The highest BCUT2D eigenvalue weighted by Gasteiger charge is 2.39. The summed E-state index contributed by atoms with van der Waals surface area (Å²) >= 11 is 6.62. The van der Waals surface area contributed by atoms with E-state index in [0.717, 1.165) is 0 Å². The number of methoxy groups -OCH3 is 4. The number of carbonyl (C=O) groups is 4. The van der Waals surface area contributed by atoms with E-state index < -0.39 is 59.6 Å². The van der Waals surface area contributed by atoms with Crippen LogP contribution in [0.15, 0.2) is 60.7 Å². The van der Waals surface area contributed by atoms with E-state index in [-0.39, 0.29) is 67.3 Å². The van der Waals surface area contributed by atoms with Gasteiger partial charge in [-0.25, -0.2) is 0 Å². The van der Waals surface area contributed by atoms with E-state index in [1.165, 1.54) is 78.0 Å². The van der Waals surface area contributed by atoms with Crippen molar-refractivity contribution >= 4 is 35.2 Å². The second-order valence-corrected chi connectivity index (χ2v) is 12.9. The molecule has 4 amide bonds. The monoisotopic (exact) mass is 775 g/mol. The number of ether oxygens (including phenoxy) is 5. The number of hydrogen-bond acceptors (Lipinski definition) is 12. The molecule has 55 heavy (non-hydrogen) atoms. The first-order valence-electron chi connectivity index (χ1n) is 16.7. The maximum absolute atomic E-state index is 14.5. The number of phenols is 1. The summed E-state index contributed by atoms with van der Waals surface area (Å²) in [6.07, 6.45) is -1.79. The van der Waals surface area contributed by atoms with Gasteiger partial charge in [0.1, 0.15) is 53.3 Å². The summed E-state index contributed by atoms with van der Waals surface area (Å²) in [6.45, 7) is 0. The van der Waals surface area contributed by atoms with Crippen molar-refractivity contribution in [2.75, 3.05) is 35.5 Å². The zero-order valence-electron chi connectivity index (χ0n) is 30.2. The van der Waals surface area contributed by atoms with Crippen molar-refractivity contribution in [3.63, 3.8) is 0 Å². The minimum Gasteiger partial charge on any atom is -0.504 e. The molecule has 3 aliphatic heterocycles. The Bertz CT molecular complexity index is 2200. The normalized spacial score (nSPS) is 20.7. The molecule has 0 saturated carbocycles. The molecule has 8 N–H and O–H groups in total. The van der Waals surface area contributed by atoms with Gasteiger partial charge in [0.2, 0.25) is 29.4 Å². The van der Waals surface area contributed by atoms with Crippen LogP contribution in [0.2, 0.25) is 5.02 Å². The number of benzene rings is 4. The number of aliphatic hydroxyl groups excluding tert-OH is 1. The highest BCUT2D eigenvalue weighted by atomic mass is 35.5. The van der Waals surface area contributed by atoms with E-state index >= 15 is 0 Å². The summed E-state index contributed by atoms with van der Waals surface area (Å²) in [5.74, 6) is -3.23. The molecule has 4 aromatic rings. The first kappa shape index (κ1) is 38.5. The van der Waals surface area contributed by atoms with Crippen LogP contribution >= 0.6 is 11.6 Å². The van der Waals surface area contributed by atoms with Crippen LogP contribution in [0.1, 0.15) is 46.5 Å². The predicted octanol–water partition coefficient (Wildman–Crippen LogP) is 2.85. The number of halogens is 1. The smallest absolute Gasteiger partial charge is 0.247 e. The molecule has 3 heterocycles. The van der Waals surface area contributed by atoms with Crippen molar-refractivity contribution in [3.05, 3.63) is 87.9 Å². The number of rotatable bonds is 5. The van der Waals surface area contributed by atoms with E-state index in [2.05, 4.69) is 21.3 Å². The zero-order valence-corrected chi connectivity index (χ0v) is 30.9. The Morgan fingerprint density at radius 3 is 2.18 bits per heavy atom. The van der Waals surface area contributed by atoms with Gasteiger partial charge in [0.15, 0.2) is 11.5 Å². The third-order valence-electron chi connectivity index (χ3n) is 9.36. The van der Waals surface area contributed by atoms with Crippen LogP contribution in [0.5, 0.6) is 40.2 Å². The largest absolute Gasteiger partial charge is 0.504 e. The van der Waals surface area contributed by atoms with Gasteiger partial charge in [-0.2, -0.15) is 0 Å². The fraction of sp³-hybridized carbons (Fsp3) is 0.263. The predicted molar refractivity (Wildman–Crippen MR) is 197 cm³/mol. The Hall–Kier alpha value is -6.23. The quantitative estimate of drug-likeness (QED) is 0.155.